The SMILES string of the molecule is C[C@H](Nc1ncc(F)c(N2C(=O)OC[C@@H]2[C@@H](C)O)n1)c1ncc(-c2ccc(Cl)cc2)o1. The van der Waals surface area contributed by atoms with E-state index in [0.29, 0.717) is 16.7 Å². The van der Waals surface area contributed by atoms with Gasteiger partial charge in [0.05, 0.1) is 18.5 Å². The van der Waals surface area contributed by atoms with Crippen molar-refractivity contribution in [3.63, 3.8) is 0 Å². The zero-order valence-electron chi connectivity index (χ0n) is 16.6. The summed E-state index contributed by atoms with van der Waals surface area (Å²) in [6.07, 6.45) is 0.801. The van der Waals surface area contributed by atoms with Crippen molar-refractivity contribution in [1.82, 2.24) is 15.0 Å². The van der Waals surface area contributed by atoms with Gasteiger partial charge in [-0.05, 0) is 38.1 Å². The van der Waals surface area contributed by atoms with Gasteiger partial charge in [-0.25, -0.2) is 24.1 Å². The maximum Gasteiger partial charge on any atom is 0.416 e. The molecule has 11 heteroatoms. The molecule has 9 nitrogen and oxygen atoms in total. The fourth-order valence-electron chi connectivity index (χ4n) is 3.12. The number of anilines is 2. The Labute approximate surface area is 181 Å². The van der Waals surface area contributed by atoms with E-state index < -0.39 is 30.1 Å². The number of halogens is 2. The first-order valence-electron chi connectivity index (χ1n) is 9.48. The molecule has 0 saturated carbocycles. The number of hydrogen-bond acceptors (Lipinski definition) is 8. The lowest BCUT2D eigenvalue weighted by molar-refractivity contribution is 0.142. The molecular formula is C20H19ClFN5O4. The normalized spacial score (nSPS) is 18.0. The number of aromatic nitrogens is 3. The number of hydrogen-bond donors (Lipinski definition) is 2. The summed E-state index contributed by atoms with van der Waals surface area (Å²) in [6.45, 7) is 3.19. The van der Waals surface area contributed by atoms with Gasteiger partial charge in [0.15, 0.2) is 17.4 Å². The van der Waals surface area contributed by atoms with E-state index in [1.165, 1.54) is 6.92 Å². The van der Waals surface area contributed by atoms with Crippen LogP contribution in [0.1, 0.15) is 25.8 Å². The lowest BCUT2D eigenvalue weighted by Crippen LogP contribution is -2.42. The quantitative estimate of drug-likeness (QED) is 0.586. The van der Waals surface area contributed by atoms with Crippen molar-refractivity contribution < 1.29 is 23.4 Å². The van der Waals surface area contributed by atoms with E-state index in [2.05, 4.69) is 20.3 Å². The summed E-state index contributed by atoms with van der Waals surface area (Å²) in [5.74, 6) is -0.127. The summed E-state index contributed by atoms with van der Waals surface area (Å²) < 4.78 is 25.1. The highest BCUT2D eigenvalue weighted by molar-refractivity contribution is 6.30. The Morgan fingerprint density at radius 1 is 1.26 bits per heavy atom. The molecule has 1 aromatic carbocycles. The van der Waals surface area contributed by atoms with Crippen LogP contribution in [0, 0.1) is 5.82 Å². The summed E-state index contributed by atoms with van der Waals surface area (Å²) in [7, 11) is 0. The maximum atomic E-state index is 14.4. The number of amides is 1. The summed E-state index contributed by atoms with van der Waals surface area (Å²) in [6, 6.07) is 5.91. The minimum absolute atomic E-state index is 0.0548. The van der Waals surface area contributed by atoms with Gasteiger partial charge < -0.3 is 19.6 Å². The molecule has 0 unspecified atom stereocenters. The first-order chi connectivity index (χ1) is 14.8. The van der Waals surface area contributed by atoms with E-state index in [-0.39, 0.29) is 18.4 Å². The van der Waals surface area contributed by atoms with Crippen LogP contribution in [0.5, 0.6) is 0 Å². The Morgan fingerprint density at radius 2 is 2.00 bits per heavy atom. The van der Waals surface area contributed by atoms with E-state index in [9.17, 15) is 14.3 Å². The molecule has 3 aromatic rings. The van der Waals surface area contributed by atoms with E-state index in [0.717, 1.165) is 16.7 Å². The third kappa shape index (κ3) is 4.30. The molecule has 2 N–H and O–H groups in total. The zero-order valence-corrected chi connectivity index (χ0v) is 17.4. The highest BCUT2D eigenvalue weighted by Crippen LogP contribution is 2.28. The molecule has 3 heterocycles. The van der Waals surface area contributed by atoms with Crippen LogP contribution in [0.25, 0.3) is 11.3 Å². The fourth-order valence-corrected chi connectivity index (χ4v) is 3.25. The third-order valence-electron chi connectivity index (χ3n) is 4.78. The van der Waals surface area contributed by atoms with Gasteiger partial charge in [-0.3, -0.25) is 0 Å². The second-order valence-corrected chi connectivity index (χ2v) is 7.49. The van der Waals surface area contributed by atoms with Gasteiger partial charge in [0.2, 0.25) is 11.8 Å². The predicted octanol–water partition coefficient (Wildman–Crippen LogP) is 3.80. The molecule has 3 atom stereocenters. The summed E-state index contributed by atoms with van der Waals surface area (Å²) in [5.41, 5.74) is 0.812. The van der Waals surface area contributed by atoms with Crippen molar-refractivity contribution in [2.75, 3.05) is 16.8 Å². The topological polar surface area (TPSA) is 114 Å². The molecule has 0 aliphatic carbocycles. The highest BCUT2D eigenvalue weighted by Gasteiger charge is 2.39. The Balaban J connectivity index is 1.54. The van der Waals surface area contributed by atoms with Crippen LogP contribution < -0.4 is 10.2 Å². The second kappa shape index (κ2) is 8.48. The molecule has 1 aliphatic rings. The van der Waals surface area contributed by atoms with Crippen LogP contribution in [0.4, 0.5) is 21.0 Å². The minimum Gasteiger partial charge on any atom is -0.447 e. The Bertz CT molecular complexity index is 1090. The van der Waals surface area contributed by atoms with Crippen molar-refractivity contribution in [3.8, 4) is 11.3 Å². The molecule has 31 heavy (non-hydrogen) atoms. The summed E-state index contributed by atoms with van der Waals surface area (Å²) >= 11 is 5.91. The van der Waals surface area contributed by atoms with Gasteiger partial charge in [0.25, 0.3) is 0 Å². The summed E-state index contributed by atoms with van der Waals surface area (Å²) in [5, 5.41) is 13.5. The van der Waals surface area contributed by atoms with E-state index in [1.54, 1.807) is 25.3 Å². The van der Waals surface area contributed by atoms with Crippen LogP contribution in [0.2, 0.25) is 5.02 Å². The monoisotopic (exact) mass is 447 g/mol. The van der Waals surface area contributed by atoms with Crippen molar-refractivity contribution in [2.24, 2.45) is 0 Å². The number of cyclic esters (lactones) is 1. The van der Waals surface area contributed by atoms with Crippen molar-refractivity contribution in [1.29, 1.82) is 0 Å². The smallest absolute Gasteiger partial charge is 0.416 e. The van der Waals surface area contributed by atoms with E-state index in [1.807, 2.05) is 12.1 Å². The van der Waals surface area contributed by atoms with Crippen molar-refractivity contribution in [3.05, 3.63) is 53.4 Å². The molecule has 1 aliphatic heterocycles. The van der Waals surface area contributed by atoms with Gasteiger partial charge in [0.1, 0.15) is 18.7 Å². The molecule has 1 fully saturated rings. The van der Waals surface area contributed by atoms with E-state index >= 15 is 0 Å². The number of rotatable bonds is 6. The number of ether oxygens (including phenoxy) is 1. The average Bonchev–Trinajstić information content (AvgIpc) is 3.37. The molecule has 4 rings (SSSR count). The van der Waals surface area contributed by atoms with Gasteiger partial charge in [-0.2, -0.15) is 4.98 Å². The van der Waals surface area contributed by atoms with Gasteiger partial charge in [0, 0.05) is 10.6 Å². The molecule has 0 bridgehead atoms. The molecule has 2 aromatic heterocycles. The molecule has 1 saturated heterocycles. The summed E-state index contributed by atoms with van der Waals surface area (Å²) in [4.78, 5) is 25.4. The Kier molecular flexibility index (Phi) is 5.75. The fraction of sp³-hybridized carbons (Fsp3) is 0.300. The lowest BCUT2D eigenvalue weighted by atomic mass is 10.2. The maximum absolute atomic E-state index is 14.4. The Morgan fingerprint density at radius 3 is 2.71 bits per heavy atom. The van der Waals surface area contributed by atoms with Crippen molar-refractivity contribution in [2.45, 2.75) is 32.0 Å². The molecule has 0 radical (unpaired) electrons. The number of aliphatic hydroxyl groups is 1. The first-order valence-corrected chi connectivity index (χ1v) is 9.86. The van der Waals surface area contributed by atoms with Crippen LogP contribution in [-0.4, -0.2) is 44.9 Å². The van der Waals surface area contributed by atoms with Crippen LogP contribution in [0.15, 0.2) is 41.1 Å². The third-order valence-corrected chi connectivity index (χ3v) is 5.04. The van der Waals surface area contributed by atoms with Crippen LogP contribution in [0.3, 0.4) is 0 Å². The molecule has 1 amide bonds. The molecule has 162 valence electrons. The first kappa shape index (κ1) is 21.0. The molecule has 0 spiro atoms. The molecular weight excluding hydrogens is 429 g/mol. The zero-order chi connectivity index (χ0) is 22.1. The van der Waals surface area contributed by atoms with Gasteiger partial charge >= 0.3 is 6.09 Å². The van der Waals surface area contributed by atoms with Crippen LogP contribution >= 0.6 is 11.6 Å². The predicted molar refractivity (Wildman–Crippen MR) is 110 cm³/mol. The highest BCUT2D eigenvalue weighted by atomic mass is 35.5. The minimum atomic E-state index is -0.935. The number of nitrogens with one attached hydrogen (secondary N) is 1. The van der Waals surface area contributed by atoms with Gasteiger partial charge in [-0.15, -0.1) is 0 Å². The number of oxazole rings is 1. The number of aliphatic hydroxyl groups excluding tert-OH is 1. The number of nitrogens with zero attached hydrogens (tertiary/aromatic N) is 4. The van der Waals surface area contributed by atoms with Crippen molar-refractivity contribution >= 4 is 29.5 Å². The number of carbonyl (C=O) groups excluding carboxylic acids is 1. The largest absolute Gasteiger partial charge is 0.447 e. The van der Waals surface area contributed by atoms with Gasteiger partial charge in [-0.1, -0.05) is 11.6 Å². The number of benzene rings is 1. The lowest BCUT2D eigenvalue weighted by Gasteiger charge is -2.23. The van der Waals surface area contributed by atoms with Crippen LogP contribution in [-0.2, 0) is 4.74 Å². The van der Waals surface area contributed by atoms with E-state index in [4.69, 9.17) is 20.8 Å². The number of carbonyl (C=O) groups is 1. The second-order valence-electron chi connectivity index (χ2n) is 7.06. The average molecular weight is 448 g/mol. The standard InChI is InChI=1S/C20H19ClFN5O4/c1-10(18-23-8-16(31-18)12-3-5-13(21)6-4-12)25-19-24-7-14(22)17(26-19)27-15(11(2)28)9-30-20(27)29/h3-8,10-11,15,28H,9H2,1-2H3,(H,24,25,26)/t10-,11+,15+/m0/s1. The Hall–Kier alpha value is -3.24.